The average molecular weight is 312 g/mol. The molecule has 2 aromatic carbocycles. The zero-order valence-corrected chi connectivity index (χ0v) is 12.9. The maximum absolute atomic E-state index is 14.2. The smallest absolute Gasteiger partial charge is 0.150 e. The molecule has 0 saturated heterocycles. The van der Waals surface area contributed by atoms with Gasteiger partial charge in [-0.25, -0.2) is 8.78 Å². The maximum atomic E-state index is 14.2. The van der Waals surface area contributed by atoms with Crippen LogP contribution < -0.4 is 5.73 Å². The molecule has 118 valence electrons. The van der Waals surface area contributed by atoms with E-state index in [1.54, 1.807) is 0 Å². The van der Waals surface area contributed by atoms with E-state index >= 15 is 0 Å². The number of benzene rings is 2. The Labute approximate surface area is 133 Å². The number of halogens is 2. The highest BCUT2D eigenvalue weighted by Gasteiger charge is 2.34. The molecule has 0 aliphatic heterocycles. The molecular weight excluding hydrogens is 294 g/mol. The number of aromatic nitrogens is 1. The quantitative estimate of drug-likeness (QED) is 0.712. The van der Waals surface area contributed by atoms with Crippen LogP contribution in [0.1, 0.15) is 29.9 Å². The van der Waals surface area contributed by atoms with Gasteiger partial charge in [-0.1, -0.05) is 23.8 Å². The predicted molar refractivity (Wildman–Crippen MR) is 88.3 cm³/mol. The Morgan fingerprint density at radius 2 is 1.96 bits per heavy atom. The molecular formula is C19H18F2N2. The molecule has 1 aliphatic carbocycles. The second kappa shape index (κ2) is 5.17. The van der Waals surface area contributed by atoms with Gasteiger partial charge in [0, 0.05) is 23.4 Å². The van der Waals surface area contributed by atoms with Gasteiger partial charge in [0.25, 0.3) is 0 Å². The lowest BCUT2D eigenvalue weighted by Gasteiger charge is -2.34. The zero-order valence-electron chi connectivity index (χ0n) is 12.9. The molecule has 1 saturated carbocycles. The number of hydrogen-bond acceptors (Lipinski definition) is 1. The molecule has 4 rings (SSSR count). The second-order valence-corrected chi connectivity index (χ2v) is 6.44. The molecule has 2 atom stereocenters. The van der Waals surface area contributed by atoms with Crippen LogP contribution in [0.2, 0.25) is 0 Å². The van der Waals surface area contributed by atoms with Gasteiger partial charge in [0.05, 0.1) is 11.2 Å². The Hall–Kier alpha value is -2.20. The highest BCUT2D eigenvalue weighted by Crippen LogP contribution is 2.44. The fourth-order valence-electron chi connectivity index (χ4n) is 3.54. The van der Waals surface area contributed by atoms with Crippen molar-refractivity contribution in [3.8, 4) is 11.3 Å². The van der Waals surface area contributed by atoms with E-state index in [1.807, 2.05) is 31.2 Å². The molecule has 1 heterocycles. The summed E-state index contributed by atoms with van der Waals surface area (Å²) in [7, 11) is 0. The molecule has 0 spiro atoms. The standard InChI is InChI=1S/C19H18F2N2/c1-10-3-2-4-11(7-10)18-17(13-5-6-16(13)22)14-8-12(20)9-15(21)19(14)23-18/h2-4,7-9,13,16,23H,5-6,22H2,1H3. The minimum Gasteiger partial charge on any atom is -0.352 e. The summed E-state index contributed by atoms with van der Waals surface area (Å²) in [6.07, 6.45) is 1.90. The van der Waals surface area contributed by atoms with E-state index < -0.39 is 11.6 Å². The molecule has 2 nitrogen and oxygen atoms in total. The van der Waals surface area contributed by atoms with Crippen LogP contribution in [0.25, 0.3) is 22.2 Å². The minimum atomic E-state index is -0.562. The fourth-order valence-corrected chi connectivity index (χ4v) is 3.54. The van der Waals surface area contributed by atoms with E-state index in [0.717, 1.165) is 41.3 Å². The number of nitrogens with one attached hydrogen (secondary N) is 1. The van der Waals surface area contributed by atoms with Crippen LogP contribution in [0.3, 0.4) is 0 Å². The topological polar surface area (TPSA) is 41.8 Å². The first-order chi connectivity index (χ1) is 11.0. The number of hydrogen-bond donors (Lipinski definition) is 2. The number of aromatic amines is 1. The molecule has 2 unspecified atom stereocenters. The van der Waals surface area contributed by atoms with Crippen molar-refractivity contribution in [3.63, 3.8) is 0 Å². The summed E-state index contributed by atoms with van der Waals surface area (Å²) in [5.41, 5.74) is 10.4. The van der Waals surface area contributed by atoms with Gasteiger partial charge in [-0.05, 0) is 43.0 Å². The number of aryl methyl sites for hydroxylation is 1. The molecule has 0 amide bonds. The van der Waals surface area contributed by atoms with Gasteiger partial charge in [0.2, 0.25) is 0 Å². The minimum absolute atomic E-state index is 0.0453. The number of nitrogens with two attached hydrogens (primary N) is 1. The monoisotopic (exact) mass is 312 g/mol. The fraction of sp³-hybridized carbons (Fsp3) is 0.263. The molecule has 23 heavy (non-hydrogen) atoms. The first-order valence-electron chi connectivity index (χ1n) is 7.88. The van der Waals surface area contributed by atoms with Crippen molar-refractivity contribution in [3.05, 3.63) is 59.2 Å². The van der Waals surface area contributed by atoms with Gasteiger partial charge in [-0.2, -0.15) is 0 Å². The lowest BCUT2D eigenvalue weighted by Crippen LogP contribution is -2.37. The Morgan fingerprint density at radius 1 is 1.13 bits per heavy atom. The summed E-state index contributed by atoms with van der Waals surface area (Å²) in [4.78, 5) is 3.18. The molecule has 1 aliphatic rings. The van der Waals surface area contributed by atoms with Crippen LogP contribution in [-0.4, -0.2) is 11.0 Å². The lowest BCUT2D eigenvalue weighted by atomic mass is 9.74. The second-order valence-electron chi connectivity index (χ2n) is 6.44. The SMILES string of the molecule is Cc1cccc(-c2[nH]c3c(F)cc(F)cc3c2C2CCC2N)c1. The molecule has 3 aromatic rings. The lowest BCUT2D eigenvalue weighted by molar-refractivity contribution is 0.349. The predicted octanol–water partition coefficient (Wildman–Crippen LogP) is 4.63. The van der Waals surface area contributed by atoms with Crippen molar-refractivity contribution >= 4 is 10.9 Å². The van der Waals surface area contributed by atoms with Crippen molar-refractivity contribution < 1.29 is 8.78 Å². The van der Waals surface area contributed by atoms with E-state index in [4.69, 9.17) is 5.73 Å². The third-order valence-electron chi connectivity index (χ3n) is 4.87. The molecule has 3 N–H and O–H groups in total. The normalized spacial score (nSPS) is 20.7. The van der Waals surface area contributed by atoms with Crippen LogP contribution in [0.4, 0.5) is 8.78 Å². The van der Waals surface area contributed by atoms with Crippen LogP contribution in [-0.2, 0) is 0 Å². The first-order valence-corrected chi connectivity index (χ1v) is 7.88. The summed E-state index contributed by atoms with van der Waals surface area (Å²) in [5, 5.41) is 0.610. The van der Waals surface area contributed by atoms with E-state index in [-0.39, 0.29) is 12.0 Å². The largest absolute Gasteiger partial charge is 0.352 e. The van der Waals surface area contributed by atoms with Crippen molar-refractivity contribution in [1.82, 2.24) is 4.98 Å². The van der Waals surface area contributed by atoms with Gasteiger partial charge in [0.1, 0.15) is 11.6 Å². The van der Waals surface area contributed by atoms with Gasteiger partial charge in [-0.15, -0.1) is 0 Å². The third-order valence-corrected chi connectivity index (χ3v) is 4.87. The Morgan fingerprint density at radius 3 is 2.61 bits per heavy atom. The zero-order chi connectivity index (χ0) is 16.1. The van der Waals surface area contributed by atoms with Gasteiger partial charge in [-0.3, -0.25) is 0 Å². The highest BCUT2D eigenvalue weighted by atomic mass is 19.1. The Kier molecular flexibility index (Phi) is 3.23. The summed E-state index contributed by atoms with van der Waals surface area (Å²) >= 11 is 0. The van der Waals surface area contributed by atoms with Crippen LogP contribution in [0.5, 0.6) is 0 Å². The maximum Gasteiger partial charge on any atom is 0.150 e. The molecule has 0 radical (unpaired) electrons. The molecule has 4 heteroatoms. The number of rotatable bonds is 2. The summed E-state index contributed by atoms with van der Waals surface area (Å²) < 4.78 is 28.0. The van der Waals surface area contributed by atoms with Crippen molar-refractivity contribution in [2.45, 2.75) is 31.7 Å². The highest BCUT2D eigenvalue weighted by molar-refractivity contribution is 5.92. The number of fused-ring (bicyclic) bond motifs is 1. The van der Waals surface area contributed by atoms with Crippen molar-refractivity contribution in [2.24, 2.45) is 5.73 Å². The van der Waals surface area contributed by atoms with Crippen molar-refractivity contribution in [2.75, 3.05) is 0 Å². The van der Waals surface area contributed by atoms with Crippen LogP contribution >= 0.6 is 0 Å². The van der Waals surface area contributed by atoms with Gasteiger partial charge >= 0.3 is 0 Å². The molecule has 1 aromatic heterocycles. The summed E-state index contributed by atoms with van der Waals surface area (Å²) in [6, 6.07) is 10.4. The van der Waals surface area contributed by atoms with E-state index in [2.05, 4.69) is 4.98 Å². The van der Waals surface area contributed by atoms with Crippen LogP contribution in [0, 0.1) is 18.6 Å². The van der Waals surface area contributed by atoms with Gasteiger partial charge < -0.3 is 10.7 Å². The summed E-state index contributed by atoms with van der Waals surface area (Å²) in [5.74, 6) is -0.979. The van der Waals surface area contributed by atoms with Crippen molar-refractivity contribution in [1.29, 1.82) is 0 Å². The van der Waals surface area contributed by atoms with E-state index in [1.165, 1.54) is 6.07 Å². The Balaban J connectivity index is 2.03. The third kappa shape index (κ3) is 2.25. The first kappa shape index (κ1) is 14.4. The van der Waals surface area contributed by atoms with Gasteiger partial charge in [0.15, 0.2) is 0 Å². The molecule has 0 bridgehead atoms. The molecule has 1 fully saturated rings. The van der Waals surface area contributed by atoms with E-state index in [0.29, 0.717) is 10.9 Å². The number of H-pyrrole nitrogens is 1. The Bertz CT molecular complexity index is 898. The van der Waals surface area contributed by atoms with E-state index in [9.17, 15) is 8.78 Å². The summed E-state index contributed by atoms with van der Waals surface area (Å²) in [6.45, 7) is 2.02. The average Bonchev–Trinajstić information content (AvgIpc) is 2.85. The van der Waals surface area contributed by atoms with Crippen LogP contribution in [0.15, 0.2) is 36.4 Å².